The van der Waals surface area contributed by atoms with Gasteiger partial charge in [-0.1, -0.05) is 28.1 Å². The quantitative estimate of drug-likeness (QED) is 0.442. The fourth-order valence-corrected chi connectivity index (χ4v) is 2.62. The number of benzene rings is 2. The van der Waals surface area contributed by atoms with Crippen LogP contribution in [0.4, 0.5) is 0 Å². The second-order valence-corrected chi connectivity index (χ2v) is 6.68. The van der Waals surface area contributed by atoms with Gasteiger partial charge in [0.25, 0.3) is 5.91 Å². The van der Waals surface area contributed by atoms with Gasteiger partial charge in [-0.25, -0.2) is 5.43 Å². The minimum atomic E-state index is -0.305. The third kappa shape index (κ3) is 5.40. The first-order valence-electron chi connectivity index (χ1n) is 8.44. The highest BCUT2D eigenvalue weighted by molar-refractivity contribution is 9.10. The minimum Gasteiger partial charge on any atom is -0.493 e. The maximum Gasteiger partial charge on any atom is 0.271 e. The molecule has 142 valence electrons. The highest BCUT2D eigenvalue weighted by Gasteiger charge is 2.06. The Bertz CT molecular complexity index is 960. The minimum absolute atomic E-state index is 0.305. The third-order valence-electron chi connectivity index (χ3n) is 3.82. The van der Waals surface area contributed by atoms with Gasteiger partial charge >= 0.3 is 0 Å². The number of hydrogen-bond acceptors (Lipinski definition) is 5. The first-order valence-corrected chi connectivity index (χ1v) is 9.24. The Morgan fingerprint density at radius 2 is 1.86 bits per heavy atom. The molecule has 3 aromatic rings. The van der Waals surface area contributed by atoms with Crippen molar-refractivity contribution in [1.82, 2.24) is 10.4 Å². The van der Waals surface area contributed by atoms with Gasteiger partial charge in [-0.2, -0.15) is 5.10 Å². The molecule has 0 bridgehead atoms. The molecule has 0 atom stereocenters. The molecule has 0 aliphatic carbocycles. The summed E-state index contributed by atoms with van der Waals surface area (Å²) >= 11 is 3.41. The standard InChI is InChI=1S/C21H18BrN3O3/c1-27-20-12-16(13-24-25-21(26)17-8-10-23-11-9-17)4-7-19(20)28-14-15-2-5-18(22)6-3-15/h2-13H,14H2,1H3,(H,25,26)/b24-13-. The number of carbonyl (C=O) groups is 1. The van der Waals surface area contributed by atoms with Gasteiger partial charge in [0, 0.05) is 22.4 Å². The first-order chi connectivity index (χ1) is 13.7. The van der Waals surface area contributed by atoms with Gasteiger partial charge < -0.3 is 9.47 Å². The molecule has 3 rings (SSSR count). The van der Waals surface area contributed by atoms with Gasteiger partial charge in [0.15, 0.2) is 11.5 Å². The van der Waals surface area contributed by atoms with Crippen LogP contribution in [-0.2, 0) is 6.61 Å². The van der Waals surface area contributed by atoms with Crippen molar-refractivity contribution in [3.05, 3.63) is 88.2 Å². The van der Waals surface area contributed by atoms with E-state index in [1.54, 1.807) is 43.9 Å². The van der Waals surface area contributed by atoms with Crippen LogP contribution in [0.1, 0.15) is 21.5 Å². The summed E-state index contributed by atoms with van der Waals surface area (Å²) in [4.78, 5) is 15.8. The molecular weight excluding hydrogens is 422 g/mol. The Balaban J connectivity index is 1.62. The summed E-state index contributed by atoms with van der Waals surface area (Å²) in [6.07, 6.45) is 4.65. The molecule has 2 aromatic carbocycles. The Morgan fingerprint density at radius 1 is 1.11 bits per heavy atom. The molecule has 0 spiro atoms. The number of carbonyl (C=O) groups excluding carboxylic acids is 1. The lowest BCUT2D eigenvalue weighted by Gasteiger charge is -2.11. The summed E-state index contributed by atoms with van der Waals surface area (Å²) < 4.78 is 12.3. The molecule has 28 heavy (non-hydrogen) atoms. The number of nitrogens with zero attached hydrogens (tertiary/aromatic N) is 2. The van der Waals surface area contributed by atoms with E-state index in [9.17, 15) is 4.79 Å². The molecule has 0 radical (unpaired) electrons. The predicted octanol–water partition coefficient (Wildman–Crippen LogP) is 4.20. The highest BCUT2D eigenvalue weighted by atomic mass is 79.9. The van der Waals surface area contributed by atoms with Crippen LogP contribution in [0.25, 0.3) is 0 Å². The van der Waals surface area contributed by atoms with Crippen molar-refractivity contribution in [2.24, 2.45) is 5.10 Å². The van der Waals surface area contributed by atoms with E-state index in [0.29, 0.717) is 23.7 Å². The molecule has 0 aliphatic rings. The van der Waals surface area contributed by atoms with E-state index in [2.05, 4.69) is 31.4 Å². The van der Waals surface area contributed by atoms with Gasteiger partial charge in [0.05, 0.1) is 13.3 Å². The molecule has 1 N–H and O–H groups in total. The zero-order chi connectivity index (χ0) is 19.8. The van der Waals surface area contributed by atoms with E-state index < -0.39 is 0 Å². The Hall–Kier alpha value is -3.19. The van der Waals surface area contributed by atoms with Gasteiger partial charge in [-0.3, -0.25) is 9.78 Å². The second kappa shape index (κ2) is 9.66. The number of hydrogen-bond donors (Lipinski definition) is 1. The molecule has 0 unspecified atom stereocenters. The van der Waals surface area contributed by atoms with Gasteiger partial charge in [0.1, 0.15) is 6.61 Å². The molecule has 1 aromatic heterocycles. The lowest BCUT2D eigenvalue weighted by molar-refractivity contribution is 0.0955. The average Bonchev–Trinajstić information content (AvgIpc) is 2.74. The molecule has 7 heteroatoms. The third-order valence-corrected chi connectivity index (χ3v) is 4.35. The van der Waals surface area contributed by atoms with Crippen molar-refractivity contribution in [3.8, 4) is 11.5 Å². The number of nitrogens with one attached hydrogen (secondary N) is 1. The van der Waals surface area contributed by atoms with E-state index in [1.165, 1.54) is 0 Å². The lowest BCUT2D eigenvalue weighted by atomic mass is 10.2. The van der Waals surface area contributed by atoms with Crippen LogP contribution in [0.3, 0.4) is 0 Å². The van der Waals surface area contributed by atoms with Crippen molar-refractivity contribution >= 4 is 28.1 Å². The summed E-state index contributed by atoms with van der Waals surface area (Å²) in [5.41, 5.74) is 4.78. The smallest absolute Gasteiger partial charge is 0.271 e. The molecule has 0 fully saturated rings. The maximum absolute atomic E-state index is 12.0. The number of ether oxygens (including phenoxy) is 2. The predicted molar refractivity (Wildman–Crippen MR) is 111 cm³/mol. The lowest BCUT2D eigenvalue weighted by Crippen LogP contribution is -2.17. The van der Waals surface area contributed by atoms with Gasteiger partial charge in [-0.05, 0) is 53.6 Å². The Labute approximate surface area is 171 Å². The SMILES string of the molecule is COc1cc(/C=N\NC(=O)c2ccncc2)ccc1OCc1ccc(Br)cc1. The summed E-state index contributed by atoms with van der Waals surface area (Å²) in [6, 6.07) is 16.6. The topological polar surface area (TPSA) is 72.8 Å². The summed E-state index contributed by atoms with van der Waals surface area (Å²) in [7, 11) is 1.58. The van der Waals surface area contributed by atoms with Crippen molar-refractivity contribution in [2.75, 3.05) is 7.11 Å². The molecule has 1 amide bonds. The van der Waals surface area contributed by atoms with E-state index >= 15 is 0 Å². The normalized spacial score (nSPS) is 10.6. The van der Waals surface area contributed by atoms with Crippen molar-refractivity contribution in [2.45, 2.75) is 6.61 Å². The molecule has 0 saturated heterocycles. The van der Waals surface area contributed by atoms with Crippen molar-refractivity contribution in [1.29, 1.82) is 0 Å². The first kappa shape index (κ1) is 19.6. The van der Waals surface area contributed by atoms with Crippen LogP contribution in [-0.4, -0.2) is 24.2 Å². The number of rotatable bonds is 7. The summed E-state index contributed by atoms with van der Waals surface area (Å²) in [5.74, 6) is 0.907. The van der Waals surface area contributed by atoms with E-state index in [-0.39, 0.29) is 5.91 Å². The highest BCUT2D eigenvalue weighted by Crippen LogP contribution is 2.28. The van der Waals surface area contributed by atoms with E-state index in [0.717, 1.165) is 15.6 Å². The Morgan fingerprint density at radius 3 is 2.57 bits per heavy atom. The number of halogens is 1. The molecule has 0 aliphatic heterocycles. The van der Waals surface area contributed by atoms with E-state index in [1.807, 2.05) is 36.4 Å². The van der Waals surface area contributed by atoms with Crippen LogP contribution in [0.15, 0.2) is 76.6 Å². The fourth-order valence-electron chi connectivity index (χ4n) is 2.36. The number of aromatic nitrogens is 1. The average molecular weight is 440 g/mol. The van der Waals surface area contributed by atoms with Crippen LogP contribution in [0, 0.1) is 0 Å². The van der Waals surface area contributed by atoms with Gasteiger partial charge in [0.2, 0.25) is 0 Å². The summed E-state index contributed by atoms with van der Waals surface area (Å²) in [5, 5.41) is 3.98. The molecular formula is C21H18BrN3O3. The van der Waals surface area contributed by atoms with Gasteiger partial charge in [-0.15, -0.1) is 0 Å². The second-order valence-electron chi connectivity index (χ2n) is 5.76. The zero-order valence-corrected chi connectivity index (χ0v) is 16.7. The molecule has 6 nitrogen and oxygen atoms in total. The van der Waals surface area contributed by atoms with Crippen LogP contribution in [0.2, 0.25) is 0 Å². The Kier molecular flexibility index (Phi) is 6.75. The monoisotopic (exact) mass is 439 g/mol. The molecule has 0 saturated carbocycles. The largest absolute Gasteiger partial charge is 0.493 e. The number of hydrazone groups is 1. The van der Waals surface area contributed by atoms with Crippen LogP contribution < -0.4 is 14.9 Å². The van der Waals surface area contributed by atoms with Crippen molar-refractivity contribution < 1.29 is 14.3 Å². The zero-order valence-electron chi connectivity index (χ0n) is 15.1. The number of amides is 1. The maximum atomic E-state index is 12.0. The van der Waals surface area contributed by atoms with Crippen LogP contribution >= 0.6 is 15.9 Å². The fraction of sp³-hybridized carbons (Fsp3) is 0.0952. The van der Waals surface area contributed by atoms with E-state index in [4.69, 9.17) is 9.47 Å². The number of pyridine rings is 1. The number of methoxy groups -OCH3 is 1. The molecule has 1 heterocycles. The van der Waals surface area contributed by atoms with Crippen LogP contribution in [0.5, 0.6) is 11.5 Å². The van der Waals surface area contributed by atoms with Crippen molar-refractivity contribution in [3.63, 3.8) is 0 Å². The summed E-state index contributed by atoms with van der Waals surface area (Å²) in [6.45, 7) is 0.430.